The van der Waals surface area contributed by atoms with Crippen LogP contribution in [0.4, 0.5) is 0 Å². The van der Waals surface area contributed by atoms with Gasteiger partial charge in [0.25, 0.3) is 0 Å². The van der Waals surface area contributed by atoms with E-state index in [-0.39, 0.29) is 6.42 Å². The Labute approximate surface area is 125 Å². The van der Waals surface area contributed by atoms with E-state index >= 15 is 0 Å². The highest BCUT2D eigenvalue weighted by Crippen LogP contribution is 2.20. The largest absolute Gasteiger partial charge is 0.480 e. The number of nitrogens with one attached hydrogen (secondary N) is 1. The minimum Gasteiger partial charge on any atom is -0.480 e. The van der Waals surface area contributed by atoms with Gasteiger partial charge in [-0.15, -0.1) is 0 Å². The topological polar surface area (TPSA) is 76.4 Å². The highest BCUT2D eigenvalue weighted by atomic mass is 32.1. The first kappa shape index (κ1) is 16.7. The van der Waals surface area contributed by atoms with Crippen LogP contribution in [0.25, 0.3) is 0 Å². The van der Waals surface area contributed by atoms with Crippen molar-refractivity contribution in [2.75, 3.05) is 6.54 Å². The highest BCUT2D eigenvalue weighted by molar-refractivity contribution is 7.80. The molecular formula is C14H23N3O2S. The molecule has 2 N–H and O–H groups in total. The number of nitrogens with zero attached hydrogens (tertiary/aromatic N) is 2. The molecular weight excluding hydrogens is 274 g/mol. The van der Waals surface area contributed by atoms with Crippen molar-refractivity contribution in [3.63, 3.8) is 0 Å². The quantitative estimate of drug-likeness (QED) is 0.758. The van der Waals surface area contributed by atoms with E-state index in [1.807, 2.05) is 6.07 Å². The number of nitriles is 1. The van der Waals surface area contributed by atoms with Crippen molar-refractivity contribution >= 4 is 23.3 Å². The molecule has 0 aliphatic heterocycles. The molecule has 0 heterocycles. The third-order valence-electron chi connectivity index (χ3n) is 3.82. The van der Waals surface area contributed by atoms with Crippen molar-refractivity contribution in [3.8, 4) is 6.07 Å². The monoisotopic (exact) mass is 297 g/mol. The Hall–Kier alpha value is -1.35. The number of carboxylic acids is 1. The van der Waals surface area contributed by atoms with E-state index in [0.29, 0.717) is 17.7 Å². The SMILES string of the molecule is CC(C)(C(=O)O)N(CCC#N)C(=S)NC1CCCCC1. The molecule has 112 valence electrons. The molecule has 1 rings (SSSR count). The fourth-order valence-electron chi connectivity index (χ4n) is 2.41. The van der Waals surface area contributed by atoms with Crippen molar-refractivity contribution in [2.24, 2.45) is 0 Å². The van der Waals surface area contributed by atoms with Crippen LogP contribution in [0.2, 0.25) is 0 Å². The summed E-state index contributed by atoms with van der Waals surface area (Å²) in [4.78, 5) is 13.0. The number of carbonyl (C=O) groups is 1. The third kappa shape index (κ3) is 4.34. The van der Waals surface area contributed by atoms with Crippen LogP contribution >= 0.6 is 12.2 Å². The number of rotatable bonds is 5. The number of carboxylic acid groups (broad SMARTS) is 1. The van der Waals surface area contributed by atoms with Gasteiger partial charge in [-0.25, -0.2) is 4.79 Å². The van der Waals surface area contributed by atoms with E-state index in [1.54, 1.807) is 18.7 Å². The molecule has 1 fully saturated rings. The van der Waals surface area contributed by atoms with Gasteiger partial charge in [0.1, 0.15) is 5.54 Å². The first-order valence-electron chi connectivity index (χ1n) is 7.08. The molecule has 0 aromatic rings. The molecule has 5 nitrogen and oxygen atoms in total. The summed E-state index contributed by atoms with van der Waals surface area (Å²) in [6.45, 7) is 3.55. The lowest BCUT2D eigenvalue weighted by atomic mass is 9.95. The summed E-state index contributed by atoms with van der Waals surface area (Å²) in [6.07, 6.45) is 6.01. The number of hydrogen-bond donors (Lipinski definition) is 2. The molecule has 0 unspecified atom stereocenters. The first-order chi connectivity index (χ1) is 9.39. The lowest BCUT2D eigenvalue weighted by Gasteiger charge is -2.38. The molecule has 1 saturated carbocycles. The predicted molar refractivity (Wildman–Crippen MR) is 81.3 cm³/mol. The Morgan fingerprint density at radius 2 is 2.05 bits per heavy atom. The Morgan fingerprint density at radius 1 is 1.45 bits per heavy atom. The van der Waals surface area contributed by atoms with E-state index in [0.717, 1.165) is 12.8 Å². The minimum absolute atomic E-state index is 0.253. The summed E-state index contributed by atoms with van der Waals surface area (Å²) in [5, 5.41) is 21.8. The van der Waals surface area contributed by atoms with Gasteiger partial charge in [0.05, 0.1) is 12.5 Å². The maximum atomic E-state index is 11.4. The number of aliphatic carboxylic acids is 1. The second-order valence-electron chi connectivity index (χ2n) is 5.71. The van der Waals surface area contributed by atoms with E-state index in [4.69, 9.17) is 17.5 Å². The van der Waals surface area contributed by atoms with Gasteiger partial charge in [-0.2, -0.15) is 5.26 Å². The summed E-state index contributed by atoms with van der Waals surface area (Å²) >= 11 is 5.38. The Kier molecular flexibility index (Phi) is 6.21. The molecule has 0 radical (unpaired) electrons. The molecule has 20 heavy (non-hydrogen) atoms. The van der Waals surface area contributed by atoms with E-state index < -0.39 is 11.5 Å². The van der Waals surface area contributed by atoms with Gasteiger partial charge >= 0.3 is 5.97 Å². The number of hydrogen-bond acceptors (Lipinski definition) is 3. The van der Waals surface area contributed by atoms with Crippen LogP contribution < -0.4 is 5.32 Å². The van der Waals surface area contributed by atoms with E-state index in [1.165, 1.54) is 19.3 Å². The number of thiocarbonyl (C=S) groups is 1. The van der Waals surface area contributed by atoms with E-state index in [9.17, 15) is 9.90 Å². The zero-order valence-electron chi connectivity index (χ0n) is 12.2. The van der Waals surface area contributed by atoms with Crippen molar-refractivity contribution in [1.82, 2.24) is 10.2 Å². The summed E-state index contributed by atoms with van der Waals surface area (Å²) < 4.78 is 0. The molecule has 0 aromatic heterocycles. The third-order valence-corrected chi connectivity index (χ3v) is 4.16. The second-order valence-corrected chi connectivity index (χ2v) is 6.10. The lowest BCUT2D eigenvalue weighted by molar-refractivity contribution is -0.146. The van der Waals surface area contributed by atoms with Crippen LogP contribution in [0.1, 0.15) is 52.4 Å². The normalized spacial score (nSPS) is 16.2. The van der Waals surface area contributed by atoms with Gasteiger partial charge in [-0.1, -0.05) is 19.3 Å². The fourth-order valence-corrected chi connectivity index (χ4v) is 2.90. The van der Waals surface area contributed by atoms with Crippen LogP contribution in [-0.4, -0.2) is 39.2 Å². The summed E-state index contributed by atoms with van der Waals surface area (Å²) in [5.74, 6) is -0.941. The van der Waals surface area contributed by atoms with Crippen LogP contribution in [0.5, 0.6) is 0 Å². The lowest BCUT2D eigenvalue weighted by Crippen LogP contribution is -2.57. The zero-order valence-corrected chi connectivity index (χ0v) is 13.0. The van der Waals surface area contributed by atoms with Crippen molar-refractivity contribution < 1.29 is 9.90 Å². The molecule has 0 atom stereocenters. The molecule has 0 aromatic carbocycles. The van der Waals surface area contributed by atoms with Crippen molar-refractivity contribution in [3.05, 3.63) is 0 Å². The average Bonchev–Trinajstić information content (AvgIpc) is 2.39. The maximum absolute atomic E-state index is 11.4. The average molecular weight is 297 g/mol. The molecule has 0 saturated heterocycles. The van der Waals surface area contributed by atoms with Gasteiger partial charge in [-0.05, 0) is 38.9 Å². The molecule has 6 heteroatoms. The highest BCUT2D eigenvalue weighted by Gasteiger charge is 2.36. The molecule has 1 aliphatic rings. The summed E-state index contributed by atoms with van der Waals surface area (Å²) in [6, 6.07) is 2.37. The molecule has 1 aliphatic carbocycles. The van der Waals surface area contributed by atoms with Crippen LogP contribution in [0, 0.1) is 11.3 Å². The van der Waals surface area contributed by atoms with Gasteiger partial charge < -0.3 is 15.3 Å². The van der Waals surface area contributed by atoms with Crippen LogP contribution in [-0.2, 0) is 4.79 Å². The van der Waals surface area contributed by atoms with Crippen molar-refractivity contribution in [1.29, 1.82) is 5.26 Å². The summed E-state index contributed by atoms with van der Waals surface area (Å²) in [5.41, 5.74) is -1.12. The predicted octanol–water partition coefficient (Wildman–Crippen LogP) is 2.27. The van der Waals surface area contributed by atoms with Gasteiger partial charge in [0, 0.05) is 12.6 Å². The van der Waals surface area contributed by atoms with Gasteiger partial charge in [0.15, 0.2) is 5.11 Å². The Bertz CT molecular complexity index is 398. The minimum atomic E-state index is -1.12. The Balaban J connectivity index is 2.73. The molecule has 0 bridgehead atoms. The smallest absolute Gasteiger partial charge is 0.329 e. The van der Waals surface area contributed by atoms with Gasteiger partial charge in [0.2, 0.25) is 0 Å². The van der Waals surface area contributed by atoms with Gasteiger partial charge in [-0.3, -0.25) is 0 Å². The van der Waals surface area contributed by atoms with Crippen LogP contribution in [0.15, 0.2) is 0 Å². The fraction of sp³-hybridized carbons (Fsp3) is 0.786. The second kappa shape index (κ2) is 7.44. The van der Waals surface area contributed by atoms with Crippen LogP contribution in [0.3, 0.4) is 0 Å². The molecule has 0 spiro atoms. The summed E-state index contributed by atoms with van der Waals surface area (Å²) in [7, 11) is 0. The van der Waals surface area contributed by atoms with E-state index in [2.05, 4.69) is 5.32 Å². The zero-order chi connectivity index (χ0) is 15.2. The standard InChI is InChI=1S/C14H23N3O2S/c1-14(2,12(18)19)17(10-6-9-15)13(20)16-11-7-4-3-5-8-11/h11H,3-8,10H2,1-2H3,(H,16,20)(H,18,19). The van der Waals surface area contributed by atoms with Crippen molar-refractivity contribution in [2.45, 2.75) is 64.0 Å². The maximum Gasteiger partial charge on any atom is 0.329 e. The first-order valence-corrected chi connectivity index (χ1v) is 7.49. The Morgan fingerprint density at radius 3 is 2.55 bits per heavy atom. The molecule has 0 amide bonds.